The maximum absolute atomic E-state index is 12.7. The number of hydrogen-bond donors (Lipinski definition) is 2. The molecule has 2 aromatic rings. The number of rotatable bonds is 13. The van der Waals surface area contributed by atoms with Crippen molar-refractivity contribution in [2.75, 3.05) is 19.8 Å². The molecule has 2 rings (SSSR count). The second-order valence-electron chi connectivity index (χ2n) is 8.08. The number of hydrogen-bond acceptors (Lipinski definition) is 9. The Hall–Kier alpha value is -4.05. The highest BCUT2D eigenvalue weighted by Crippen LogP contribution is 2.20. The van der Waals surface area contributed by atoms with Crippen molar-refractivity contribution in [1.29, 1.82) is 0 Å². The molecule has 0 atom stereocenters. The van der Waals surface area contributed by atoms with Gasteiger partial charge in [0.15, 0.2) is 12.4 Å². The molecule has 0 heterocycles. The van der Waals surface area contributed by atoms with Gasteiger partial charge in [-0.15, -0.1) is 0 Å². The van der Waals surface area contributed by atoms with Crippen molar-refractivity contribution in [3.63, 3.8) is 0 Å². The van der Waals surface area contributed by atoms with Crippen LogP contribution in [0.25, 0.3) is 0 Å². The number of benzene rings is 2. The third kappa shape index (κ3) is 7.97. The lowest BCUT2D eigenvalue weighted by molar-refractivity contribution is -0.168. The molecule has 0 radical (unpaired) electrons. The Kier molecular flexibility index (Phi) is 11.0. The van der Waals surface area contributed by atoms with Crippen LogP contribution in [0.15, 0.2) is 48.5 Å². The van der Waals surface area contributed by atoms with Crippen molar-refractivity contribution in [1.82, 2.24) is 5.32 Å². The summed E-state index contributed by atoms with van der Waals surface area (Å²) in [7, 11) is 0. The van der Waals surface area contributed by atoms with Gasteiger partial charge in [0.2, 0.25) is 11.4 Å². The molecule has 1 amide bonds. The number of amides is 1. The summed E-state index contributed by atoms with van der Waals surface area (Å²) in [5.41, 5.74) is -0.120. The van der Waals surface area contributed by atoms with Crippen LogP contribution in [0.4, 0.5) is 0 Å². The average molecular weight is 514 g/mol. The minimum atomic E-state index is -2.00. The van der Waals surface area contributed by atoms with Gasteiger partial charge >= 0.3 is 17.9 Å². The molecule has 10 heteroatoms. The summed E-state index contributed by atoms with van der Waals surface area (Å²) >= 11 is 0. The molecule has 0 spiro atoms. The fourth-order valence-electron chi connectivity index (χ4n) is 3.49. The van der Waals surface area contributed by atoms with Gasteiger partial charge in [0.05, 0.1) is 25.4 Å². The Morgan fingerprint density at radius 2 is 1.30 bits per heavy atom. The first-order valence-electron chi connectivity index (χ1n) is 11.8. The van der Waals surface area contributed by atoms with E-state index in [0.29, 0.717) is 16.7 Å². The lowest BCUT2D eigenvalue weighted by Crippen LogP contribution is -2.61. The Morgan fingerprint density at radius 1 is 0.784 bits per heavy atom. The molecule has 0 saturated carbocycles. The number of nitrogens with one attached hydrogen (secondary N) is 1. The third-order valence-electron chi connectivity index (χ3n) is 5.41. The smallest absolute Gasteiger partial charge is 0.343 e. The molecule has 0 aromatic heterocycles. The highest BCUT2D eigenvalue weighted by Gasteiger charge is 2.49. The predicted octanol–water partition coefficient (Wildman–Crippen LogP) is 2.15. The van der Waals surface area contributed by atoms with Crippen LogP contribution in [-0.2, 0) is 41.6 Å². The van der Waals surface area contributed by atoms with Crippen LogP contribution in [0.2, 0.25) is 0 Å². The van der Waals surface area contributed by atoms with Crippen molar-refractivity contribution < 1.29 is 43.3 Å². The molecule has 0 aliphatic heterocycles. The maximum atomic E-state index is 12.7. The van der Waals surface area contributed by atoms with Crippen molar-refractivity contribution in [3.8, 4) is 0 Å². The average Bonchev–Trinajstić information content (AvgIpc) is 2.89. The quantitative estimate of drug-likeness (QED) is 0.178. The van der Waals surface area contributed by atoms with E-state index in [0.717, 1.165) is 0 Å². The van der Waals surface area contributed by atoms with E-state index < -0.39 is 41.7 Å². The minimum Gasteiger partial charge on any atom is -0.464 e. The first-order chi connectivity index (χ1) is 17.7. The highest BCUT2D eigenvalue weighted by atomic mass is 16.6. The van der Waals surface area contributed by atoms with E-state index in [9.17, 15) is 24.0 Å². The molecule has 0 saturated heterocycles. The molecule has 0 fully saturated rings. The first-order valence-corrected chi connectivity index (χ1v) is 11.8. The summed E-state index contributed by atoms with van der Waals surface area (Å²) in [6.45, 7) is 3.76. The monoisotopic (exact) mass is 513 g/mol. The van der Waals surface area contributed by atoms with Crippen molar-refractivity contribution in [2.24, 2.45) is 0 Å². The number of esters is 3. The number of carbonyl (C=O) groups excluding carboxylic acids is 5. The van der Waals surface area contributed by atoms with E-state index in [4.69, 9.17) is 19.3 Å². The van der Waals surface area contributed by atoms with Gasteiger partial charge in [-0.2, -0.15) is 0 Å². The van der Waals surface area contributed by atoms with Gasteiger partial charge in [-0.1, -0.05) is 36.4 Å². The fraction of sp³-hybridized carbons (Fsp3) is 0.370. The Labute approximate surface area is 214 Å². The van der Waals surface area contributed by atoms with Gasteiger partial charge in [0.1, 0.15) is 0 Å². The summed E-state index contributed by atoms with van der Waals surface area (Å²) in [6.07, 6.45) is 0.0649. The topological polar surface area (TPSA) is 145 Å². The zero-order valence-electron chi connectivity index (χ0n) is 21.1. The summed E-state index contributed by atoms with van der Waals surface area (Å²) in [6, 6.07) is 12.5. The lowest BCUT2D eigenvalue weighted by Gasteiger charge is -2.29. The molecule has 0 aliphatic carbocycles. The SMILES string of the molecule is CCOC(=O)C(CCc1ccc(C(=O)COC(=O)c2ccc(CO)cc2)cc1)(NC(C)=O)C(=O)OCC. The number of aliphatic hydroxyl groups is 1. The second kappa shape index (κ2) is 13.9. The van der Waals surface area contributed by atoms with Crippen LogP contribution < -0.4 is 5.32 Å². The number of aliphatic hydroxyl groups excluding tert-OH is 1. The zero-order chi connectivity index (χ0) is 27.4. The van der Waals surface area contributed by atoms with E-state index in [1.807, 2.05) is 0 Å². The largest absolute Gasteiger partial charge is 0.464 e. The van der Waals surface area contributed by atoms with Crippen molar-refractivity contribution >= 4 is 29.6 Å². The molecule has 198 valence electrons. The van der Waals surface area contributed by atoms with E-state index in [1.165, 1.54) is 31.2 Å². The Balaban J connectivity index is 2.07. The third-order valence-corrected chi connectivity index (χ3v) is 5.41. The van der Waals surface area contributed by atoms with E-state index in [2.05, 4.69) is 5.32 Å². The molecular formula is C27H31NO9. The van der Waals surface area contributed by atoms with Gasteiger partial charge in [-0.3, -0.25) is 9.59 Å². The van der Waals surface area contributed by atoms with Gasteiger partial charge in [-0.05, 0) is 49.9 Å². The standard InChI is InChI=1S/C27H31NO9/c1-4-35-25(33)27(28-18(3)30,26(34)36-5-2)15-14-19-6-10-21(11-7-19)23(31)17-37-24(32)22-12-8-20(16-29)9-13-22/h6-13,29H,4-5,14-17H2,1-3H3,(H,28,30). The zero-order valence-corrected chi connectivity index (χ0v) is 21.1. The van der Waals surface area contributed by atoms with Crippen LogP contribution in [0, 0.1) is 0 Å². The van der Waals surface area contributed by atoms with Crippen LogP contribution in [0.3, 0.4) is 0 Å². The van der Waals surface area contributed by atoms with Crippen LogP contribution in [-0.4, -0.2) is 60.1 Å². The molecule has 0 aliphatic rings. The number of Topliss-reactive ketones (excluding diaryl/α,β-unsaturated/α-hetero) is 1. The number of carbonyl (C=O) groups is 5. The van der Waals surface area contributed by atoms with Crippen LogP contribution >= 0.6 is 0 Å². The molecule has 2 N–H and O–H groups in total. The molecular weight excluding hydrogens is 482 g/mol. The molecule has 37 heavy (non-hydrogen) atoms. The maximum Gasteiger partial charge on any atom is 0.343 e. The van der Waals surface area contributed by atoms with E-state index in [-0.39, 0.29) is 38.2 Å². The van der Waals surface area contributed by atoms with Crippen molar-refractivity contribution in [3.05, 3.63) is 70.8 Å². The molecule has 10 nitrogen and oxygen atoms in total. The predicted molar refractivity (Wildman–Crippen MR) is 132 cm³/mol. The summed E-state index contributed by atoms with van der Waals surface area (Å²) in [5, 5.41) is 11.5. The highest BCUT2D eigenvalue weighted by molar-refractivity contribution is 6.07. The minimum absolute atomic E-state index is 0.00885. The number of ketones is 1. The number of aryl methyl sites for hydroxylation is 1. The van der Waals surface area contributed by atoms with Crippen LogP contribution in [0.5, 0.6) is 0 Å². The summed E-state index contributed by atoms with van der Waals surface area (Å²) in [5.74, 6) is -3.51. The molecule has 0 bridgehead atoms. The van der Waals surface area contributed by atoms with Gasteiger partial charge in [0.25, 0.3) is 0 Å². The summed E-state index contributed by atoms with van der Waals surface area (Å²) < 4.78 is 15.2. The lowest BCUT2D eigenvalue weighted by atomic mass is 9.90. The molecule has 0 unspecified atom stereocenters. The molecule has 2 aromatic carbocycles. The van der Waals surface area contributed by atoms with Crippen LogP contribution in [0.1, 0.15) is 59.0 Å². The van der Waals surface area contributed by atoms with E-state index >= 15 is 0 Å². The Bertz CT molecular complexity index is 1090. The van der Waals surface area contributed by atoms with Gasteiger partial charge < -0.3 is 24.6 Å². The second-order valence-corrected chi connectivity index (χ2v) is 8.08. The Morgan fingerprint density at radius 3 is 1.78 bits per heavy atom. The number of ether oxygens (including phenoxy) is 3. The summed E-state index contributed by atoms with van der Waals surface area (Å²) in [4.78, 5) is 61.9. The van der Waals surface area contributed by atoms with Gasteiger partial charge in [-0.25, -0.2) is 14.4 Å². The normalized spacial score (nSPS) is 10.8. The van der Waals surface area contributed by atoms with Crippen molar-refractivity contribution in [2.45, 2.75) is 45.8 Å². The fourth-order valence-corrected chi connectivity index (χ4v) is 3.49. The van der Waals surface area contributed by atoms with E-state index in [1.54, 1.807) is 38.1 Å². The van der Waals surface area contributed by atoms with Gasteiger partial charge in [0, 0.05) is 12.5 Å². The first kappa shape index (κ1) is 29.2.